The Hall–Kier alpha value is -0.910. The van der Waals surface area contributed by atoms with Crippen LogP contribution in [0.2, 0.25) is 0 Å². The van der Waals surface area contributed by atoms with Gasteiger partial charge in [0.1, 0.15) is 5.82 Å². The smallest absolute Gasteiger partial charge is 0.174 e. The summed E-state index contributed by atoms with van der Waals surface area (Å²) in [6.07, 6.45) is 0. The minimum Gasteiger partial charge on any atom is -0.310 e. The molecule has 0 fully saturated rings. The van der Waals surface area contributed by atoms with Crippen molar-refractivity contribution in [3.8, 4) is 0 Å². The van der Waals surface area contributed by atoms with Gasteiger partial charge in [-0.25, -0.2) is 4.98 Å². The van der Waals surface area contributed by atoms with Crippen LogP contribution in [0.4, 0.5) is 0 Å². The van der Waals surface area contributed by atoms with Crippen LogP contribution in [0.3, 0.4) is 0 Å². The first-order valence-corrected chi connectivity index (χ1v) is 7.60. The molecule has 2 aromatic rings. The zero-order valence-electron chi connectivity index (χ0n) is 10.8. The molecule has 0 spiro atoms. The molecule has 3 nitrogen and oxygen atoms in total. The van der Waals surface area contributed by atoms with Crippen molar-refractivity contribution in [2.45, 2.75) is 36.0 Å². The first-order chi connectivity index (χ1) is 8.70. The second-order valence-electron chi connectivity index (χ2n) is 4.03. The highest BCUT2D eigenvalue weighted by molar-refractivity contribution is 8.01. The lowest BCUT2D eigenvalue weighted by molar-refractivity contribution is 0.590. The van der Waals surface area contributed by atoms with Crippen molar-refractivity contribution in [1.82, 2.24) is 14.7 Å². The first kappa shape index (κ1) is 13.5. The molecule has 0 saturated carbocycles. The van der Waals surface area contributed by atoms with Gasteiger partial charge < -0.3 is 5.32 Å². The number of rotatable bonds is 5. The molecule has 0 radical (unpaired) electrons. The summed E-state index contributed by atoms with van der Waals surface area (Å²) in [6.45, 7) is 7.21. The summed E-state index contributed by atoms with van der Waals surface area (Å²) in [5.74, 6) is 0.847. The van der Waals surface area contributed by atoms with Crippen molar-refractivity contribution in [2.24, 2.45) is 0 Å². The highest BCUT2D eigenvalue weighted by Gasteiger charge is 2.11. The van der Waals surface area contributed by atoms with Gasteiger partial charge in [-0.15, -0.1) is 0 Å². The maximum atomic E-state index is 4.40. The third kappa shape index (κ3) is 3.31. The fourth-order valence-corrected chi connectivity index (χ4v) is 3.59. The molecule has 1 N–H and O–H groups in total. The topological polar surface area (TPSA) is 37.8 Å². The molecule has 0 bridgehead atoms. The Morgan fingerprint density at radius 1 is 1.39 bits per heavy atom. The zero-order valence-corrected chi connectivity index (χ0v) is 12.4. The van der Waals surface area contributed by atoms with Crippen molar-refractivity contribution in [3.05, 3.63) is 35.7 Å². The summed E-state index contributed by atoms with van der Waals surface area (Å²) in [5, 5.41) is 3.45. The third-order valence-corrected chi connectivity index (χ3v) is 4.54. The van der Waals surface area contributed by atoms with E-state index in [-0.39, 0.29) is 0 Å². The lowest BCUT2D eigenvalue weighted by Crippen LogP contribution is -2.18. The molecule has 0 aliphatic rings. The molecule has 0 saturated heterocycles. The number of benzene rings is 1. The average Bonchev–Trinajstić information content (AvgIpc) is 2.76. The van der Waals surface area contributed by atoms with Gasteiger partial charge in [0.05, 0.1) is 0 Å². The van der Waals surface area contributed by atoms with Crippen LogP contribution in [0.15, 0.2) is 33.5 Å². The molecule has 1 aromatic carbocycles. The predicted molar refractivity (Wildman–Crippen MR) is 77.3 cm³/mol. The monoisotopic (exact) mass is 279 g/mol. The van der Waals surface area contributed by atoms with Crippen LogP contribution in [-0.4, -0.2) is 15.9 Å². The van der Waals surface area contributed by atoms with E-state index in [1.807, 2.05) is 6.92 Å². The Bertz CT molecular complexity index is 510. The van der Waals surface area contributed by atoms with Gasteiger partial charge in [-0.1, -0.05) is 36.9 Å². The van der Waals surface area contributed by atoms with Gasteiger partial charge in [-0.2, -0.15) is 4.37 Å². The Morgan fingerprint density at radius 3 is 2.83 bits per heavy atom. The summed E-state index contributed by atoms with van der Waals surface area (Å²) in [5.41, 5.74) is 1.32. The van der Waals surface area contributed by atoms with E-state index in [2.05, 4.69) is 52.8 Å². The molecule has 96 valence electrons. The second-order valence-corrected chi connectivity index (χ2v) is 6.07. The standard InChI is InChI=1S/C13H17N3S2/c1-4-14-9(2)11-7-5-6-8-12(11)17-13-15-10(3)16-18-13/h5-9,14H,4H2,1-3H3. The Kier molecular flexibility index (Phi) is 4.74. The van der Waals surface area contributed by atoms with E-state index >= 15 is 0 Å². The lowest BCUT2D eigenvalue weighted by Gasteiger charge is -2.15. The second kappa shape index (κ2) is 6.31. The van der Waals surface area contributed by atoms with Crippen LogP contribution in [-0.2, 0) is 0 Å². The molecule has 1 atom stereocenters. The summed E-state index contributed by atoms with van der Waals surface area (Å²) in [4.78, 5) is 5.65. The molecule has 5 heteroatoms. The largest absolute Gasteiger partial charge is 0.310 e. The van der Waals surface area contributed by atoms with E-state index < -0.39 is 0 Å². The summed E-state index contributed by atoms with van der Waals surface area (Å²) < 4.78 is 5.22. The molecule has 0 aliphatic heterocycles. The molecule has 0 amide bonds. The number of aryl methyl sites for hydroxylation is 1. The molecular weight excluding hydrogens is 262 g/mol. The van der Waals surface area contributed by atoms with Crippen LogP contribution in [0, 0.1) is 6.92 Å². The van der Waals surface area contributed by atoms with Gasteiger partial charge in [-0.05, 0) is 43.6 Å². The molecule has 1 aromatic heterocycles. The maximum Gasteiger partial charge on any atom is 0.174 e. The molecule has 2 rings (SSSR count). The Labute approximate surface area is 116 Å². The van der Waals surface area contributed by atoms with Crippen LogP contribution in [0.1, 0.15) is 31.3 Å². The number of nitrogens with one attached hydrogen (secondary N) is 1. The van der Waals surface area contributed by atoms with Gasteiger partial charge in [0.2, 0.25) is 0 Å². The predicted octanol–water partition coefficient (Wildman–Crippen LogP) is 3.67. The van der Waals surface area contributed by atoms with Gasteiger partial charge in [0.15, 0.2) is 4.34 Å². The fourth-order valence-electron chi connectivity index (χ4n) is 1.76. The zero-order chi connectivity index (χ0) is 13.0. The van der Waals surface area contributed by atoms with E-state index in [4.69, 9.17) is 0 Å². The third-order valence-electron chi connectivity index (χ3n) is 2.60. The SMILES string of the molecule is CCNC(C)c1ccccc1Sc1nc(C)ns1. The number of hydrogen-bond donors (Lipinski definition) is 1. The van der Waals surface area contributed by atoms with E-state index in [0.717, 1.165) is 16.7 Å². The summed E-state index contributed by atoms with van der Waals surface area (Å²) >= 11 is 3.15. The minimum atomic E-state index is 0.354. The summed E-state index contributed by atoms with van der Waals surface area (Å²) in [6, 6.07) is 8.82. The van der Waals surface area contributed by atoms with Crippen LogP contribution in [0.25, 0.3) is 0 Å². The highest BCUT2D eigenvalue weighted by atomic mass is 32.2. The minimum absolute atomic E-state index is 0.354. The van der Waals surface area contributed by atoms with E-state index in [9.17, 15) is 0 Å². The quantitative estimate of drug-likeness (QED) is 0.906. The molecule has 1 heterocycles. The van der Waals surface area contributed by atoms with Gasteiger partial charge >= 0.3 is 0 Å². The Balaban J connectivity index is 2.22. The lowest BCUT2D eigenvalue weighted by atomic mass is 10.1. The van der Waals surface area contributed by atoms with Crippen LogP contribution in [0.5, 0.6) is 0 Å². The van der Waals surface area contributed by atoms with Crippen LogP contribution >= 0.6 is 23.3 Å². The van der Waals surface area contributed by atoms with Gasteiger partial charge in [-0.3, -0.25) is 0 Å². The molecule has 0 aliphatic carbocycles. The van der Waals surface area contributed by atoms with E-state index in [0.29, 0.717) is 6.04 Å². The first-order valence-electron chi connectivity index (χ1n) is 6.01. The molecule has 18 heavy (non-hydrogen) atoms. The van der Waals surface area contributed by atoms with E-state index in [1.54, 1.807) is 11.8 Å². The van der Waals surface area contributed by atoms with Crippen molar-refractivity contribution >= 4 is 23.3 Å². The van der Waals surface area contributed by atoms with Crippen molar-refractivity contribution in [2.75, 3.05) is 6.54 Å². The van der Waals surface area contributed by atoms with Gasteiger partial charge in [0, 0.05) is 10.9 Å². The van der Waals surface area contributed by atoms with Crippen LogP contribution < -0.4 is 5.32 Å². The van der Waals surface area contributed by atoms with E-state index in [1.165, 1.54) is 22.0 Å². The number of nitrogens with zero attached hydrogens (tertiary/aromatic N) is 2. The summed E-state index contributed by atoms with van der Waals surface area (Å²) in [7, 11) is 0. The average molecular weight is 279 g/mol. The van der Waals surface area contributed by atoms with Gasteiger partial charge in [0.25, 0.3) is 0 Å². The highest BCUT2D eigenvalue weighted by Crippen LogP contribution is 2.33. The molecular formula is C13H17N3S2. The van der Waals surface area contributed by atoms with Crippen molar-refractivity contribution < 1.29 is 0 Å². The number of hydrogen-bond acceptors (Lipinski definition) is 5. The number of aromatic nitrogens is 2. The van der Waals surface area contributed by atoms with Crippen molar-refractivity contribution in [1.29, 1.82) is 0 Å². The molecule has 1 unspecified atom stereocenters. The normalized spacial score (nSPS) is 12.6. The fraction of sp³-hybridized carbons (Fsp3) is 0.385. The maximum absolute atomic E-state index is 4.40. The van der Waals surface area contributed by atoms with Crippen molar-refractivity contribution in [3.63, 3.8) is 0 Å². The Morgan fingerprint density at radius 2 is 2.17 bits per heavy atom.